The fourth-order valence-electron chi connectivity index (χ4n) is 1.58. The van der Waals surface area contributed by atoms with Gasteiger partial charge < -0.3 is 0 Å². The number of halogens is 5. The number of fused-ring (bicyclic) bond motifs is 1. The number of hydrogen-bond acceptors (Lipinski definition) is 1. The van der Waals surface area contributed by atoms with E-state index in [9.17, 15) is 13.2 Å². The first-order valence-electron chi connectivity index (χ1n) is 4.64. The zero-order valence-corrected chi connectivity index (χ0v) is 11.5. The summed E-state index contributed by atoms with van der Waals surface area (Å²) in [5.41, 5.74) is -0.663. The molecule has 90 valence electrons. The number of benzene rings is 1. The van der Waals surface area contributed by atoms with E-state index >= 15 is 0 Å². The van der Waals surface area contributed by atoms with Crippen LogP contribution < -0.4 is 0 Å². The lowest BCUT2D eigenvalue weighted by atomic mass is 10.1. The Morgan fingerprint density at radius 1 is 1.29 bits per heavy atom. The summed E-state index contributed by atoms with van der Waals surface area (Å²) >= 11 is 7.91. The van der Waals surface area contributed by atoms with Crippen molar-refractivity contribution in [3.8, 4) is 0 Å². The summed E-state index contributed by atoms with van der Waals surface area (Å²) in [7, 11) is 0. The summed E-state index contributed by atoms with van der Waals surface area (Å²) in [5, 5.41) is 0.657. The summed E-state index contributed by atoms with van der Waals surface area (Å²) in [5.74, 6) is 0. The van der Waals surface area contributed by atoms with Gasteiger partial charge in [-0.05, 0) is 41.1 Å². The summed E-state index contributed by atoms with van der Waals surface area (Å²) in [4.78, 5) is 3.69. The van der Waals surface area contributed by atoms with Crippen LogP contribution in [0.15, 0.2) is 18.2 Å². The lowest BCUT2D eigenvalue weighted by Crippen LogP contribution is -2.11. The second kappa shape index (κ2) is 4.28. The van der Waals surface area contributed by atoms with E-state index in [4.69, 9.17) is 11.6 Å². The molecular weight excluding hydrogens is 365 g/mol. The molecule has 0 N–H and O–H groups in total. The van der Waals surface area contributed by atoms with Gasteiger partial charge in [0.25, 0.3) is 0 Å². The molecule has 0 fully saturated rings. The Bertz CT molecular complexity index is 595. The average molecular weight is 372 g/mol. The van der Waals surface area contributed by atoms with Crippen LogP contribution in [0.3, 0.4) is 0 Å². The van der Waals surface area contributed by atoms with Gasteiger partial charge in [0.05, 0.1) is 10.5 Å². The van der Waals surface area contributed by atoms with Crippen LogP contribution in [0.1, 0.15) is 11.3 Å². The highest BCUT2D eigenvalue weighted by molar-refractivity contribution is 14.1. The van der Waals surface area contributed by atoms with Gasteiger partial charge in [-0.3, -0.25) is 0 Å². The number of pyridine rings is 1. The van der Waals surface area contributed by atoms with Crippen LogP contribution in [0, 0.1) is 10.5 Å². The quantitative estimate of drug-likeness (QED) is 0.605. The zero-order valence-electron chi connectivity index (χ0n) is 8.57. The van der Waals surface area contributed by atoms with E-state index in [2.05, 4.69) is 4.98 Å². The van der Waals surface area contributed by atoms with Gasteiger partial charge in [0.15, 0.2) is 0 Å². The van der Waals surface area contributed by atoms with E-state index in [1.54, 1.807) is 18.2 Å². The Balaban J connectivity index is 2.91. The molecule has 6 heteroatoms. The minimum atomic E-state index is -4.49. The van der Waals surface area contributed by atoms with Crippen molar-refractivity contribution >= 4 is 45.1 Å². The SMILES string of the molecule is Cc1c(C(F)(F)F)nc2c(I)cccc2c1Cl. The first kappa shape index (κ1) is 12.9. The van der Waals surface area contributed by atoms with Crippen molar-refractivity contribution in [1.82, 2.24) is 4.98 Å². The van der Waals surface area contributed by atoms with Gasteiger partial charge in [-0.1, -0.05) is 23.7 Å². The molecule has 0 spiro atoms. The smallest absolute Gasteiger partial charge is 0.242 e. The predicted molar refractivity (Wildman–Crippen MR) is 69.2 cm³/mol. The molecular formula is C11H6ClF3IN. The van der Waals surface area contributed by atoms with E-state index in [1.165, 1.54) is 6.92 Å². The lowest BCUT2D eigenvalue weighted by Gasteiger charge is -2.13. The van der Waals surface area contributed by atoms with Crippen molar-refractivity contribution in [1.29, 1.82) is 0 Å². The van der Waals surface area contributed by atoms with Crippen LogP contribution in [0.2, 0.25) is 5.02 Å². The normalized spacial score (nSPS) is 12.1. The van der Waals surface area contributed by atoms with Crippen LogP contribution in [0.5, 0.6) is 0 Å². The first-order valence-corrected chi connectivity index (χ1v) is 6.09. The monoisotopic (exact) mass is 371 g/mol. The second-order valence-electron chi connectivity index (χ2n) is 3.53. The summed E-state index contributed by atoms with van der Waals surface area (Å²) in [6.07, 6.45) is -4.49. The minimum Gasteiger partial charge on any atom is -0.242 e. The Kier molecular flexibility index (Phi) is 3.24. The van der Waals surface area contributed by atoms with Crippen LogP contribution in [-0.4, -0.2) is 4.98 Å². The van der Waals surface area contributed by atoms with Crippen molar-refractivity contribution < 1.29 is 13.2 Å². The summed E-state index contributed by atoms with van der Waals surface area (Å²) < 4.78 is 38.9. The fourth-order valence-corrected chi connectivity index (χ4v) is 2.44. The molecule has 2 rings (SSSR count). The standard InChI is InChI=1S/C11H6ClF3IN/c1-5-8(12)6-3-2-4-7(16)9(6)17-10(5)11(13,14)15/h2-4H,1H3. The maximum atomic E-state index is 12.8. The third-order valence-electron chi connectivity index (χ3n) is 2.40. The summed E-state index contributed by atoms with van der Waals surface area (Å²) in [6, 6.07) is 5.10. The highest BCUT2D eigenvalue weighted by Crippen LogP contribution is 2.37. The number of aromatic nitrogens is 1. The minimum absolute atomic E-state index is 0.0336. The number of para-hydroxylation sites is 1. The molecule has 0 radical (unpaired) electrons. The highest BCUT2D eigenvalue weighted by Gasteiger charge is 2.36. The van der Waals surface area contributed by atoms with Gasteiger partial charge in [0.2, 0.25) is 0 Å². The number of nitrogens with zero attached hydrogens (tertiary/aromatic N) is 1. The third-order valence-corrected chi connectivity index (χ3v) is 3.76. The molecule has 0 saturated carbocycles. The van der Waals surface area contributed by atoms with Crippen molar-refractivity contribution in [3.05, 3.63) is 38.0 Å². The van der Waals surface area contributed by atoms with Gasteiger partial charge in [0.1, 0.15) is 5.69 Å². The van der Waals surface area contributed by atoms with E-state index in [1.807, 2.05) is 22.6 Å². The number of rotatable bonds is 0. The van der Waals surface area contributed by atoms with E-state index < -0.39 is 11.9 Å². The maximum absolute atomic E-state index is 12.8. The van der Waals surface area contributed by atoms with Gasteiger partial charge in [-0.25, -0.2) is 4.98 Å². The fraction of sp³-hybridized carbons (Fsp3) is 0.182. The van der Waals surface area contributed by atoms with Crippen LogP contribution >= 0.6 is 34.2 Å². The van der Waals surface area contributed by atoms with Crippen molar-refractivity contribution in [2.45, 2.75) is 13.1 Å². The Morgan fingerprint density at radius 3 is 2.53 bits per heavy atom. The van der Waals surface area contributed by atoms with Crippen LogP contribution in [0.4, 0.5) is 13.2 Å². The Labute approximate surface area is 114 Å². The molecule has 1 aromatic heterocycles. The molecule has 17 heavy (non-hydrogen) atoms. The van der Waals surface area contributed by atoms with Crippen LogP contribution in [-0.2, 0) is 6.18 Å². The molecule has 0 aliphatic carbocycles. The molecule has 2 aromatic rings. The van der Waals surface area contributed by atoms with Gasteiger partial charge >= 0.3 is 6.18 Å². The first-order chi connectivity index (χ1) is 7.82. The van der Waals surface area contributed by atoms with Gasteiger partial charge in [0, 0.05) is 8.96 Å². The number of alkyl halides is 3. The van der Waals surface area contributed by atoms with E-state index in [-0.39, 0.29) is 16.1 Å². The van der Waals surface area contributed by atoms with Crippen molar-refractivity contribution in [2.24, 2.45) is 0 Å². The van der Waals surface area contributed by atoms with Crippen molar-refractivity contribution in [2.75, 3.05) is 0 Å². The van der Waals surface area contributed by atoms with Gasteiger partial charge in [-0.2, -0.15) is 13.2 Å². The summed E-state index contributed by atoms with van der Waals surface area (Å²) in [6.45, 7) is 1.33. The van der Waals surface area contributed by atoms with Gasteiger partial charge in [-0.15, -0.1) is 0 Å². The molecule has 0 atom stereocenters. The third kappa shape index (κ3) is 2.22. The zero-order chi connectivity index (χ0) is 12.8. The van der Waals surface area contributed by atoms with E-state index in [0.717, 1.165) is 0 Å². The van der Waals surface area contributed by atoms with Crippen molar-refractivity contribution in [3.63, 3.8) is 0 Å². The average Bonchev–Trinajstić information content (AvgIpc) is 2.22. The lowest BCUT2D eigenvalue weighted by molar-refractivity contribution is -0.141. The van der Waals surface area contributed by atoms with Crippen LogP contribution in [0.25, 0.3) is 10.9 Å². The maximum Gasteiger partial charge on any atom is 0.433 e. The second-order valence-corrected chi connectivity index (χ2v) is 5.07. The molecule has 0 aliphatic rings. The molecule has 1 heterocycles. The largest absolute Gasteiger partial charge is 0.433 e. The number of hydrogen-bond donors (Lipinski definition) is 0. The predicted octanol–water partition coefficient (Wildman–Crippen LogP) is 4.82. The molecule has 0 amide bonds. The van der Waals surface area contributed by atoms with E-state index in [0.29, 0.717) is 8.96 Å². The Hall–Kier alpha value is -0.560. The highest BCUT2D eigenvalue weighted by atomic mass is 127. The molecule has 0 aliphatic heterocycles. The molecule has 0 saturated heterocycles. The molecule has 0 bridgehead atoms. The molecule has 1 nitrogen and oxygen atoms in total. The molecule has 0 unspecified atom stereocenters. The molecule has 1 aromatic carbocycles. The Morgan fingerprint density at radius 2 is 1.94 bits per heavy atom. The topological polar surface area (TPSA) is 12.9 Å².